The molecular formula is C23H30N2O4S. The molecule has 2 aromatic rings. The first-order valence-electron chi connectivity index (χ1n) is 10.5. The number of rotatable bonds is 8. The molecule has 6 nitrogen and oxygen atoms in total. The van der Waals surface area contributed by atoms with E-state index in [1.165, 1.54) is 10.7 Å². The van der Waals surface area contributed by atoms with E-state index in [9.17, 15) is 13.2 Å². The Morgan fingerprint density at radius 2 is 1.63 bits per heavy atom. The molecule has 0 saturated heterocycles. The number of carbonyl (C=O) groups is 1. The van der Waals surface area contributed by atoms with Crippen molar-refractivity contribution in [3.63, 3.8) is 0 Å². The largest absolute Gasteiger partial charge is 0.492 e. The Morgan fingerprint density at radius 3 is 2.30 bits per heavy atom. The van der Waals surface area contributed by atoms with Gasteiger partial charge in [0.15, 0.2) is 0 Å². The van der Waals surface area contributed by atoms with E-state index < -0.39 is 10.0 Å². The molecule has 7 heteroatoms. The van der Waals surface area contributed by atoms with Crippen molar-refractivity contribution in [2.45, 2.75) is 50.0 Å². The van der Waals surface area contributed by atoms with Crippen LogP contribution in [0.4, 0.5) is 5.69 Å². The predicted molar refractivity (Wildman–Crippen MR) is 118 cm³/mol. The lowest BCUT2D eigenvalue weighted by atomic mass is 9.94. The number of sulfonamides is 1. The second-order valence-corrected chi connectivity index (χ2v) is 9.38. The van der Waals surface area contributed by atoms with Crippen LogP contribution in [0.15, 0.2) is 59.5 Å². The van der Waals surface area contributed by atoms with Gasteiger partial charge in [0.05, 0.1) is 17.2 Å². The second kappa shape index (κ2) is 9.98. The van der Waals surface area contributed by atoms with E-state index in [1.54, 1.807) is 66.5 Å². The third kappa shape index (κ3) is 4.95. The monoisotopic (exact) mass is 430 g/mol. The van der Waals surface area contributed by atoms with Crippen LogP contribution in [-0.2, 0) is 14.8 Å². The molecule has 0 atom stereocenters. The molecule has 0 heterocycles. The summed E-state index contributed by atoms with van der Waals surface area (Å²) in [6.45, 7) is 1.97. The van der Waals surface area contributed by atoms with Gasteiger partial charge in [0.2, 0.25) is 5.91 Å². The third-order valence-corrected chi connectivity index (χ3v) is 7.33. The summed E-state index contributed by atoms with van der Waals surface area (Å²) in [5.41, 5.74) is 0.369. The summed E-state index contributed by atoms with van der Waals surface area (Å²) in [6.07, 6.45) is 5.31. The van der Waals surface area contributed by atoms with E-state index >= 15 is 0 Å². The number of hydrogen-bond acceptors (Lipinski definition) is 4. The fraction of sp³-hybridized carbons (Fsp3) is 0.435. The van der Waals surface area contributed by atoms with Gasteiger partial charge in [-0.15, -0.1) is 0 Å². The Bertz CT molecular complexity index is 941. The van der Waals surface area contributed by atoms with Gasteiger partial charge in [-0.05, 0) is 44.0 Å². The standard InChI is InChI=1S/C23H30N2O4S/c1-3-29-22-17-11-10-16-21(22)25(30(27,28)20-14-8-5-9-15-20)18-23(26)24(2)19-12-6-4-7-13-19/h5,8-11,14-17,19H,3-4,6-7,12-13,18H2,1-2H3. The van der Waals surface area contributed by atoms with Crippen LogP contribution in [0.1, 0.15) is 39.0 Å². The van der Waals surface area contributed by atoms with E-state index in [0.717, 1.165) is 25.7 Å². The first-order chi connectivity index (χ1) is 14.4. The van der Waals surface area contributed by atoms with Gasteiger partial charge in [0, 0.05) is 13.1 Å². The number of para-hydroxylation sites is 2. The number of carbonyl (C=O) groups excluding carboxylic acids is 1. The number of anilines is 1. The SMILES string of the molecule is CCOc1ccccc1N(CC(=O)N(C)C1CCCCC1)S(=O)(=O)c1ccccc1. The zero-order valence-corrected chi connectivity index (χ0v) is 18.5. The van der Waals surface area contributed by atoms with Crippen LogP contribution in [0.25, 0.3) is 0 Å². The lowest BCUT2D eigenvalue weighted by Gasteiger charge is -2.33. The van der Waals surface area contributed by atoms with Crippen LogP contribution in [-0.4, -0.2) is 45.5 Å². The van der Waals surface area contributed by atoms with Crippen molar-refractivity contribution in [1.29, 1.82) is 0 Å². The Labute approximate surface area is 179 Å². The molecule has 0 radical (unpaired) electrons. The van der Waals surface area contributed by atoms with Crippen LogP contribution < -0.4 is 9.04 Å². The van der Waals surface area contributed by atoms with Crippen LogP contribution >= 0.6 is 0 Å². The summed E-state index contributed by atoms with van der Waals surface area (Å²) < 4.78 is 33.9. The molecule has 162 valence electrons. The minimum atomic E-state index is -3.95. The molecule has 2 aromatic carbocycles. The zero-order chi connectivity index (χ0) is 21.6. The van der Waals surface area contributed by atoms with Gasteiger partial charge in [-0.2, -0.15) is 0 Å². The molecular weight excluding hydrogens is 400 g/mol. The number of nitrogens with zero attached hydrogens (tertiary/aromatic N) is 2. The summed E-state index contributed by atoms with van der Waals surface area (Å²) >= 11 is 0. The van der Waals surface area contributed by atoms with E-state index in [1.807, 2.05) is 6.92 Å². The number of amides is 1. The van der Waals surface area contributed by atoms with E-state index in [4.69, 9.17) is 4.74 Å². The van der Waals surface area contributed by atoms with Crippen molar-refractivity contribution in [1.82, 2.24) is 4.90 Å². The minimum absolute atomic E-state index is 0.143. The Morgan fingerprint density at radius 1 is 1.00 bits per heavy atom. The molecule has 1 fully saturated rings. The number of benzene rings is 2. The van der Waals surface area contributed by atoms with Crippen LogP contribution in [0.5, 0.6) is 5.75 Å². The van der Waals surface area contributed by atoms with Gasteiger partial charge in [0.1, 0.15) is 12.3 Å². The van der Waals surface area contributed by atoms with Gasteiger partial charge in [0.25, 0.3) is 10.0 Å². The summed E-state index contributed by atoms with van der Waals surface area (Å²) in [5, 5.41) is 0. The molecule has 1 aliphatic carbocycles. The van der Waals surface area contributed by atoms with Crippen molar-refractivity contribution in [3.05, 3.63) is 54.6 Å². The van der Waals surface area contributed by atoms with E-state index in [2.05, 4.69) is 0 Å². The second-order valence-electron chi connectivity index (χ2n) is 7.52. The molecule has 30 heavy (non-hydrogen) atoms. The first-order valence-corrected chi connectivity index (χ1v) is 11.9. The fourth-order valence-electron chi connectivity index (χ4n) is 3.87. The quantitative estimate of drug-likeness (QED) is 0.633. The highest BCUT2D eigenvalue weighted by atomic mass is 32.2. The van der Waals surface area contributed by atoms with E-state index in [-0.39, 0.29) is 23.4 Å². The summed E-state index contributed by atoms with van der Waals surface area (Å²) in [5.74, 6) is 0.223. The molecule has 3 rings (SSSR count). The predicted octanol–water partition coefficient (Wildman–Crippen LogP) is 4.07. The number of ether oxygens (including phenoxy) is 1. The topological polar surface area (TPSA) is 66.9 Å². The van der Waals surface area contributed by atoms with Crippen LogP contribution in [0, 0.1) is 0 Å². The highest BCUT2D eigenvalue weighted by Crippen LogP contribution is 2.33. The molecule has 0 bridgehead atoms. The normalized spacial score (nSPS) is 14.9. The Balaban J connectivity index is 1.97. The van der Waals surface area contributed by atoms with E-state index in [0.29, 0.717) is 18.0 Å². The molecule has 1 saturated carbocycles. The van der Waals surface area contributed by atoms with Crippen LogP contribution in [0.3, 0.4) is 0 Å². The first kappa shape index (κ1) is 22.2. The summed E-state index contributed by atoms with van der Waals surface area (Å²) in [6, 6.07) is 15.3. The van der Waals surface area contributed by atoms with Crippen LogP contribution in [0.2, 0.25) is 0 Å². The summed E-state index contributed by atoms with van der Waals surface area (Å²) in [7, 11) is -2.17. The lowest BCUT2D eigenvalue weighted by Crippen LogP contribution is -2.46. The van der Waals surface area contributed by atoms with Gasteiger partial charge >= 0.3 is 0 Å². The Kier molecular flexibility index (Phi) is 7.37. The highest BCUT2D eigenvalue weighted by Gasteiger charge is 2.31. The molecule has 1 amide bonds. The minimum Gasteiger partial charge on any atom is -0.492 e. The number of hydrogen-bond donors (Lipinski definition) is 0. The van der Waals surface area contributed by atoms with Crippen molar-refractivity contribution in [2.75, 3.05) is 24.5 Å². The third-order valence-electron chi connectivity index (χ3n) is 5.56. The Hall–Kier alpha value is -2.54. The van der Waals surface area contributed by atoms with Crippen molar-refractivity contribution in [2.24, 2.45) is 0 Å². The lowest BCUT2D eigenvalue weighted by molar-refractivity contribution is -0.130. The van der Waals surface area contributed by atoms with Gasteiger partial charge in [-0.3, -0.25) is 9.10 Å². The average molecular weight is 431 g/mol. The maximum atomic E-state index is 13.5. The molecule has 0 spiro atoms. The van der Waals surface area contributed by atoms with Gasteiger partial charge in [-0.25, -0.2) is 8.42 Å². The van der Waals surface area contributed by atoms with Crippen molar-refractivity contribution >= 4 is 21.6 Å². The van der Waals surface area contributed by atoms with Crippen molar-refractivity contribution in [3.8, 4) is 5.75 Å². The maximum Gasteiger partial charge on any atom is 0.264 e. The van der Waals surface area contributed by atoms with Gasteiger partial charge in [-0.1, -0.05) is 49.6 Å². The molecule has 1 aliphatic rings. The number of likely N-dealkylation sites (N-methyl/N-ethyl adjacent to an activating group) is 1. The average Bonchev–Trinajstić information content (AvgIpc) is 2.78. The van der Waals surface area contributed by atoms with Crippen molar-refractivity contribution < 1.29 is 17.9 Å². The smallest absolute Gasteiger partial charge is 0.264 e. The molecule has 0 aromatic heterocycles. The maximum absolute atomic E-state index is 13.5. The highest BCUT2D eigenvalue weighted by molar-refractivity contribution is 7.92. The molecule has 0 unspecified atom stereocenters. The molecule has 0 N–H and O–H groups in total. The zero-order valence-electron chi connectivity index (χ0n) is 17.7. The summed E-state index contributed by atoms with van der Waals surface area (Å²) in [4.78, 5) is 15.0. The van der Waals surface area contributed by atoms with Gasteiger partial charge < -0.3 is 9.64 Å². The molecule has 0 aliphatic heterocycles. The fourth-order valence-corrected chi connectivity index (χ4v) is 5.31.